The first-order valence-corrected chi connectivity index (χ1v) is 5.64. The first-order valence-electron chi connectivity index (χ1n) is 5.64. The van der Waals surface area contributed by atoms with Gasteiger partial charge in [-0.25, -0.2) is 14.6 Å². The van der Waals surface area contributed by atoms with Gasteiger partial charge in [-0.05, 0) is 6.42 Å². The number of rotatable bonds is 6. The Hall–Kier alpha value is -2.12. The summed E-state index contributed by atoms with van der Waals surface area (Å²) in [5.74, 6) is -0.571. The van der Waals surface area contributed by atoms with E-state index < -0.39 is 18.0 Å². The molecule has 1 heterocycles. The quantitative estimate of drug-likeness (QED) is 0.656. The van der Waals surface area contributed by atoms with Gasteiger partial charge >= 0.3 is 12.0 Å². The third-order valence-corrected chi connectivity index (χ3v) is 2.23. The molecule has 0 bridgehead atoms. The maximum absolute atomic E-state index is 11.5. The molecule has 1 atom stereocenters. The average Bonchev–Trinajstić information content (AvgIpc) is 2.72. The van der Waals surface area contributed by atoms with Crippen molar-refractivity contribution >= 4 is 12.0 Å². The summed E-state index contributed by atoms with van der Waals surface area (Å²) in [5, 5.41) is 17.7. The molecule has 8 heteroatoms. The fourth-order valence-corrected chi connectivity index (χ4v) is 1.38. The summed E-state index contributed by atoms with van der Waals surface area (Å²) in [5.41, 5.74) is 0. The Morgan fingerprint density at radius 1 is 1.56 bits per heavy atom. The number of amides is 2. The third-order valence-electron chi connectivity index (χ3n) is 2.23. The SMILES string of the molecule is CCCC(NC(=O)NCc1ncn(C)n1)C(=O)O. The minimum Gasteiger partial charge on any atom is -0.480 e. The second kappa shape index (κ2) is 6.58. The van der Waals surface area contributed by atoms with Gasteiger partial charge in [0, 0.05) is 7.05 Å². The number of aliphatic carboxylic acids is 1. The monoisotopic (exact) mass is 255 g/mol. The Labute approximate surface area is 104 Å². The van der Waals surface area contributed by atoms with Crippen molar-refractivity contribution in [2.75, 3.05) is 0 Å². The molecular weight excluding hydrogens is 238 g/mol. The fraction of sp³-hybridized carbons (Fsp3) is 0.600. The van der Waals surface area contributed by atoms with Crippen LogP contribution in [-0.2, 0) is 18.4 Å². The van der Waals surface area contributed by atoms with Crippen molar-refractivity contribution in [1.29, 1.82) is 0 Å². The molecule has 0 saturated heterocycles. The summed E-state index contributed by atoms with van der Waals surface area (Å²) in [7, 11) is 1.72. The molecule has 18 heavy (non-hydrogen) atoms. The molecular formula is C10H17N5O3. The standard InChI is InChI=1S/C10H17N5O3/c1-3-4-7(9(16)17)13-10(18)11-5-8-12-6-15(2)14-8/h6-7H,3-5H2,1-2H3,(H,16,17)(H2,11,13,18). The van der Waals surface area contributed by atoms with Crippen LogP contribution in [0.2, 0.25) is 0 Å². The Morgan fingerprint density at radius 2 is 2.28 bits per heavy atom. The summed E-state index contributed by atoms with van der Waals surface area (Å²) in [6.07, 6.45) is 2.59. The Balaban J connectivity index is 2.38. The average molecular weight is 255 g/mol. The molecule has 1 aromatic heterocycles. The maximum Gasteiger partial charge on any atom is 0.326 e. The van der Waals surface area contributed by atoms with Gasteiger partial charge in [0.05, 0.1) is 6.54 Å². The van der Waals surface area contributed by atoms with E-state index >= 15 is 0 Å². The van der Waals surface area contributed by atoms with Crippen LogP contribution in [0.5, 0.6) is 0 Å². The predicted octanol–water partition coefficient (Wildman–Crippen LogP) is -0.132. The Kier molecular flexibility index (Phi) is 5.09. The van der Waals surface area contributed by atoms with Crippen LogP contribution >= 0.6 is 0 Å². The van der Waals surface area contributed by atoms with Gasteiger partial charge in [0.15, 0.2) is 5.82 Å². The second-order valence-corrected chi connectivity index (χ2v) is 3.84. The summed E-state index contributed by atoms with van der Waals surface area (Å²) in [6.45, 7) is 2.01. The number of aryl methyl sites for hydroxylation is 1. The number of hydrogen-bond acceptors (Lipinski definition) is 4. The zero-order valence-corrected chi connectivity index (χ0v) is 10.4. The van der Waals surface area contributed by atoms with E-state index in [0.717, 1.165) is 0 Å². The molecule has 0 aliphatic rings. The van der Waals surface area contributed by atoms with Crippen molar-refractivity contribution in [3.05, 3.63) is 12.2 Å². The van der Waals surface area contributed by atoms with Crippen LogP contribution in [0.15, 0.2) is 6.33 Å². The molecule has 0 fully saturated rings. The number of nitrogens with zero attached hydrogens (tertiary/aromatic N) is 3. The van der Waals surface area contributed by atoms with Crippen LogP contribution < -0.4 is 10.6 Å². The van der Waals surface area contributed by atoms with E-state index in [1.165, 1.54) is 11.0 Å². The summed E-state index contributed by atoms with van der Waals surface area (Å²) in [4.78, 5) is 26.2. The minimum atomic E-state index is -1.04. The van der Waals surface area contributed by atoms with Crippen molar-refractivity contribution in [2.45, 2.75) is 32.4 Å². The molecule has 2 amide bonds. The fourth-order valence-electron chi connectivity index (χ4n) is 1.38. The number of carboxylic acids is 1. The van der Waals surface area contributed by atoms with Crippen LogP contribution in [0.1, 0.15) is 25.6 Å². The molecule has 8 nitrogen and oxygen atoms in total. The van der Waals surface area contributed by atoms with Gasteiger partial charge in [0.25, 0.3) is 0 Å². The lowest BCUT2D eigenvalue weighted by Crippen LogP contribution is -2.45. The van der Waals surface area contributed by atoms with E-state index in [1.54, 1.807) is 7.05 Å². The van der Waals surface area contributed by atoms with E-state index in [9.17, 15) is 9.59 Å². The van der Waals surface area contributed by atoms with Crippen LogP contribution in [0.3, 0.4) is 0 Å². The van der Waals surface area contributed by atoms with Gasteiger partial charge in [-0.15, -0.1) is 0 Å². The van der Waals surface area contributed by atoms with Crippen molar-refractivity contribution in [3.8, 4) is 0 Å². The number of urea groups is 1. The van der Waals surface area contributed by atoms with Crippen LogP contribution in [0.25, 0.3) is 0 Å². The van der Waals surface area contributed by atoms with Crippen LogP contribution in [0, 0.1) is 0 Å². The van der Waals surface area contributed by atoms with Gasteiger partial charge < -0.3 is 15.7 Å². The van der Waals surface area contributed by atoms with E-state index in [1.807, 2.05) is 6.92 Å². The maximum atomic E-state index is 11.5. The molecule has 100 valence electrons. The van der Waals surface area contributed by atoms with Crippen molar-refractivity contribution < 1.29 is 14.7 Å². The largest absolute Gasteiger partial charge is 0.480 e. The molecule has 1 rings (SSSR count). The van der Waals surface area contributed by atoms with Gasteiger partial charge in [-0.2, -0.15) is 5.10 Å². The smallest absolute Gasteiger partial charge is 0.326 e. The highest BCUT2D eigenvalue weighted by atomic mass is 16.4. The number of carbonyl (C=O) groups is 2. The van der Waals surface area contributed by atoms with E-state index in [0.29, 0.717) is 18.7 Å². The summed E-state index contributed by atoms with van der Waals surface area (Å²) >= 11 is 0. The lowest BCUT2D eigenvalue weighted by atomic mass is 10.2. The molecule has 0 aliphatic heterocycles. The lowest BCUT2D eigenvalue weighted by molar-refractivity contribution is -0.139. The lowest BCUT2D eigenvalue weighted by Gasteiger charge is -2.13. The molecule has 0 radical (unpaired) electrons. The summed E-state index contributed by atoms with van der Waals surface area (Å²) in [6, 6.07) is -1.41. The van der Waals surface area contributed by atoms with Crippen LogP contribution in [-0.4, -0.2) is 37.9 Å². The van der Waals surface area contributed by atoms with Gasteiger partial charge in [-0.1, -0.05) is 13.3 Å². The zero-order chi connectivity index (χ0) is 13.5. The first-order chi connectivity index (χ1) is 8.52. The summed E-state index contributed by atoms with van der Waals surface area (Å²) < 4.78 is 1.52. The molecule has 0 spiro atoms. The zero-order valence-electron chi connectivity index (χ0n) is 10.4. The highest BCUT2D eigenvalue weighted by Crippen LogP contribution is 1.96. The molecule has 1 unspecified atom stereocenters. The first kappa shape index (κ1) is 13.9. The minimum absolute atomic E-state index is 0.158. The van der Waals surface area contributed by atoms with Crippen molar-refractivity contribution in [2.24, 2.45) is 7.05 Å². The number of carboxylic acid groups (broad SMARTS) is 1. The molecule has 0 saturated carbocycles. The third kappa shape index (κ3) is 4.40. The molecule has 3 N–H and O–H groups in total. The Bertz CT molecular complexity index is 417. The van der Waals surface area contributed by atoms with Crippen molar-refractivity contribution in [3.63, 3.8) is 0 Å². The second-order valence-electron chi connectivity index (χ2n) is 3.84. The predicted molar refractivity (Wildman–Crippen MR) is 62.7 cm³/mol. The highest BCUT2D eigenvalue weighted by molar-refractivity contribution is 5.82. The van der Waals surface area contributed by atoms with Crippen LogP contribution in [0.4, 0.5) is 4.79 Å². The normalized spacial score (nSPS) is 11.9. The number of hydrogen-bond donors (Lipinski definition) is 3. The number of nitrogens with one attached hydrogen (secondary N) is 2. The van der Waals surface area contributed by atoms with E-state index in [4.69, 9.17) is 5.11 Å². The molecule has 1 aromatic rings. The van der Waals surface area contributed by atoms with Gasteiger partial charge in [-0.3, -0.25) is 4.68 Å². The number of aromatic nitrogens is 3. The van der Waals surface area contributed by atoms with E-state index in [-0.39, 0.29) is 6.54 Å². The van der Waals surface area contributed by atoms with Crippen molar-refractivity contribution in [1.82, 2.24) is 25.4 Å². The molecule has 0 aromatic carbocycles. The van der Waals surface area contributed by atoms with Gasteiger partial charge in [0.1, 0.15) is 12.4 Å². The van der Waals surface area contributed by atoms with Gasteiger partial charge in [0.2, 0.25) is 0 Å². The van der Waals surface area contributed by atoms with E-state index in [2.05, 4.69) is 20.7 Å². The Morgan fingerprint density at radius 3 is 2.78 bits per heavy atom. The molecule has 0 aliphatic carbocycles. The topological polar surface area (TPSA) is 109 Å². The number of carbonyl (C=O) groups excluding carboxylic acids is 1. The highest BCUT2D eigenvalue weighted by Gasteiger charge is 2.18.